The molecule has 0 radical (unpaired) electrons. The van der Waals surface area contributed by atoms with Crippen LogP contribution in [0.4, 0.5) is 5.69 Å². The van der Waals surface area contributed by atoms with Gasteiger partial charge < -0.3 is 10.4 Å². The summed E-state index contributed by atoms with van der Waals surface area (Å²) >= 11 is 0. The first kappa shape index (κ1) is 16.0. The van der Waals surface area contributed by atoms with E-state index in [0.717, 1.165) is 18.7 Å². The van der Waals surface area contributed by atoms with Crippen LogP contribution in [0.5, 0.6) is 0 Å². The van der Waals surface area contributed by atoms with Crippen molar-refractivity contribution in [2.75, 3.05) is 18.4 Å². The number of hydrogen-bond acceptors (Lipinski definition) is 3. The predicted octanol–water partition coefficient (Wildman–Crippen LogP) is 3.60. The first-order valence-corrected chi connectivity index (χ1v) is 8.44. The number of anilines is 1. The molecule has 0 bridgehead atoms. The molecule has 1 heterocycles. The third-order valence-corrected chi connectivity index (χ3v) is 4.81. The van der Waals surface area contributed by atoms with E-state index in [9.17, 15) is 5.11 Å². The van der Waals surface area contributed by atoms with Gasteiger partial charge in [0.15, 0.2) is 0 Å². The van der Waals surface area contributed by atoms with Crippen LogP contribution in [0.3, 0.4) is 0 Å². The van der Waals surface area contributed by atoms with Crippen molar-refractivity contribution in [3.8, 4) is 0 Å². The molecule has 23 heavy (non-hydrogen) atoms. The lowest BCUT2D eigenvalue weighted by molar-refractivity contribution is 0.0408. The second-order valence-electron chi connectivity index (χ2n) is 6.56. The number of benzene rings is 2. The largest absolute Gasteiger partial charge is 0.390 e. The molecule has 3 atom stereocenters. The zero-order chi connectivity index (χ0) is 16.2. The lowest BCUT2D eigenvalue weighted by Gasteiger charge is -2.40. The first-order valence-electron chi connectivity index (χ1n) is 8.44. The highest BCUT2D eigenvalue weighted by molar-refractivity contribution is 5.46. The second kappa shape index (κ2) is 7.16. The van der Waals surface area contributed by atoms with Gasteiger partial charge in [0.1, 0.15) is 0 Å². The topological polar surface area (TPSA) is 35.5 Å². The Bertz CT molecular complexity index is 629. The Morgan fingerprint density at radius 1 is 1.13 bits per heavy atom. The summed E-state index contributed by atoms with van der Waals surface area (Å²) in [7, 11) is 0. The fourth-order valence-corrected chi connectivity index (χ4v) is 3.37. The minimum absolute atomic E-state index is 0.121. The molecule has 0 spiro atoms. The highest BCUT2D eigenvalue weighted by Gasteiger charge is 2.30. The summed E-state index contributed by atoms with van der Waals surface area (Å²) in [6.45, 7) is 6.01. The Balaban J connectivity index is 1.61. The van der Waals surface area contributed by atoms with E-state index in [0.29, 0.717) is 12.6 Å². The van der Waals surface area contributed by atoms with Crippen LogP contribution < -0.4 is 5.32 Å². The summed E-state index contributed by atoms with van der Waals surface area (Å²) in [5.74, 6) is 0. The molecular formula is C20H26N2O. The van der Waals surface area contributed by atoms with Crippen molar-refractivity contribution in [1.82, 2.24) is 4.90 Å². The molecule has 1 aliphatic rings. The van der Waals surface area contributed by atoms with Gasteiger partial charge in [0.25, 0.3) is 0 Å². The normalized spacial score (nSPS) is 23.4. The molecule has 1 saturated heterocycles. The van der Waals surface area contributed by atoms with Gasteiger partial charge in [-0.05, 0) is 43.5 Å². The van der Waals surface area contributed by atoms with Crippen LogP contribution in [0.15, 0.2) is 54.6 Å². The Morgan fingerprint density at radius 3 is 2.61 bits per heavy atom. The number of rotatable bonds is 4. The Hall–Kier alpha value is -1.84. The van der Waals surface area contributed by atoms with Crippen LogP contribution in [0.25, 0.3) is 0 Å². The summed E-state index contributed by atoms with van der Waals surface area (Å²) in [6, 6.07) is 19.3. The van der Waals surface area contributed by atoms with Gasteiger partial charge in [-0.15, -0.1) is 0 Å². The molecular weight excluding hydrogens is 284 g/mol. The maximum absolute atomic E-state index is 10.6. The van der Waals surface area contributed by atoms with Crippen molar-refractivity contribution in [3.05, 3.63) is 65.7 Å². The van der Waals surface area contributed by atoms with Gasteiger partial charge >= 0.3 is 0 Å². The van der Waals surface area contributed by atoms with E-state index >= 15 is 0 Å². The lowest BCUT2D eigenvalue weighted by atomic mass is 9.97. The van der Waals surface area contributed by atoms with Crippen LogP contribution >= 0.6 is 0 Å². The van der Waals surface area contributed by atoms with Crippen molar-refractivity contribution in [2.45, 2.75) is 38.5 Å². The van der Waals surface area contributed by atoms with Crippen molar-refractivity contribution < 1.29 is 5.11 Å². The minimum atomic E-state index is -0.351. The molecule has 3 nitrogen and oxygen atoms in total. The van der Waals surface area contributed by atoms with Gasteiger partial charge in [0.05, 0.1) is 12.1 Å². The number of hydrogen-bond donors (Lipinski definition) is 2. The van der Waals surface area contributed by atoms with E-state index < -0.39 is 0 Å². The summed E-state index contributed by atoms with van der Waals surface area (Å²) in [4.78, 5) is 2.37. The number of β-amino-alcohol motifs (C(OH)–C–C–N with tert-alkyl or cyclic N) is 1. The zero-order valence-electron chi connectivity index (χ0n) is 13.9. The highest BCUT2D eigenvalue weighted by Crippen LogP contribution is 2.25. The maximum Gasteiger partial charge on any atom is 0.0868 e. The van der Waals surface area contributed by atoms with Crippen LogP contribution in [0.1, 0.15) is 30.5 Å². The summed E-state index contributed by atoms with van der Waals surface area (Å²) in [5, 5.41) is 14.1. The van der Waals surface area contributed by atoms with Crippen molar-refractivity contribution in [3.63, 3.8) is 0 Å². The van der Waals surface area contributed by atoms with Crippen molar-refractivity contribution in [1.29, 1.82) is 0 Å². The van der Waals surface area contributed by atoms with Crippen LogP contribution in [0, 0.1) is 6.92 Å². The minimum Gasteiger partial charge on any atom is -0.390 e. The fraction of sp³-hybridized carbons (Fsp3) is 0.400. The number of likely N-dealkylation sites (tertiary alicyclic amines) is 1. The van der Waals surface area contributed by atoms with E-state index in [4.69, 9.17) is 0 Å². The summed E-state index contributed by atoms with van der Waals surface area (Å²) in [5.41, 5.74) is 3.64. The Labute approximate surface area is 139 Å². The number of aliphatic hydroxyl groups excluding tert-OH is 1. The predicted molar refractivity (Wildman–Crippen MR) is 95.6 cm³/mol. The Kier molecular flexibility index (Phi) is 4.99. The molecule has 0 aromatic heterocycles. The van der Waals surface area contributed by atoms with E-state index in [2.05, 4.69) is 72.6 Å². The van der Waals surface area contributed by atoms with Gasteiger partial charge in [-0.1, -0.05) is 42.5 Å². The lowest BCUT2D eigenvalue weighted by Crippen LogP contribution is -2.50. The highest BCUT2D eigenvalue weighted by atomic mass is 16.3. The molecule has 3 unspecified atom stereocenters. The molecule has 1 aliphatic heterocycles. The molecule has 3 heteroatoms. The third-order valence-electron chi connectivity index (χ3n) is 4.81. The van der Waals surface area contributed by atoms with Crippen LogP contribution in [-0.4, -0.2) is 35.2 Å². The summed E-state index contributed by atoms with van der Waals surface area (Å²) in [6.07, 6.45) is 0.599. The molecule has 2 aromatic rings. The third kappa shape index (κ3) is 3.92. The van der Waals surface area contributed by atoms with E-state index in [1.165, 1.54) is 11.1 Å². The first-order chi connectivity index (χ1) is 11.1. The number of nitrogens with one attached hydrogen (secondary N) is 1. The molecule has 1 fully saturated rings. The molecule has 3 rings (SSSR count). The Morgan fingerprint density at radius 2 is 1.91 bits per heavy atom. The van der Waals surface area contributed by atoms with Crippen LogP contribution in [-0.2, 0) is 0 Å². The fourth-order valence-electron chi connectivity index (χ4n) is 3.37. The van der Waals surface area contributed by atoms with E-state index in [1.807, 2.05) is 6.07 Å². The SMILES string of the molecule is Cc1cccc(NC2CCN(C(C)c3ccccc3)CC2O)c1. The number of piperidine rings is 1. The second-order valence-corrected chi connectivity index (χ2v) is 6.56. The standard InChI is InChI=1S/C20H26N2O/c1-15-7-6-10-18(13-15)21-19-11-12-22(14-20(19)23)16(2)17-8-4-3-5-9-17/h3-10,13,16,19-21,23H,11-12,14H2,1-2H3. The molecule has 0 aliphatic carbocycles. The van der Waals surface area contributed by atoms with Crippen molar-refractivity contribution >= 4 is 5.69 Å². The van der Waals surface area contributed by atoms with Gasteiger partial charge in [-0.3, -0.25) is 4.90 Å². The van der Waals surface area contributed by atoms with E-state index in [-0.39, 0.29) is 12.1 Å². The van der Waals surface area contributed by atoms with Crippen LogP contribution in [0.2, 0.25) is 0 Å². The number of aliphatic hydroxyl groups is 1. The maximum atomic E-state index is 10.6. The molecule has 0 saturated carbocycles. The molecule has 122 valence electrons. The molecule has 2 aromatic carbocycles. The van der Waals surface area contributed by atoms with Crippen molar-refractivity contribution in [2.24, 2.45) is 0 Å². The van der Waals surface area contributed by atoms with E-state index in [1.54, 1.807) is 0 Å². The van der Waals surface area contributed by atoms with Gasteiger partial charge in [0, 0.05) is 24.8 Å². The van der Waals surface area contributed by atoms with Gasteiger partial charge in [-0.25, -0.2) is 0 Å². The zero-order valence-corrected chi connectivity index (χ0v) is 13.9. The van der Waals surface area contributed by atoms with Gasteiger partial charge in [-0.2, -0.15) is 0 Å². The number of aryl methyl sites for hydroxylation is 1. The monoisotopic (exact) mass is 310 g/mol. The average molecular weight is 310 g/mol. The molecule has 0 amide bonds. The average Bonchev–Trinajstić information content (AvgIpc) is 2.57. The summed E-state index contributed by atoms with van der Waals surface area (Å²) < 4.78 is 0. The number of nitrogens with zero attached hydrogens (tertiary/aromatic N) is 1. The molecule has 2 N–H and O–H groups in total. The quantitative estimate of drug-likeness (QED) is 0.905. The smallest absolute Gasteiger partial charge is 0.0868 e. The van der Waals surface area contributed by atoms with Gasteiger partial charge in [0.2, 0.25) is 0 Å².